The van der Waals surface area contributed by atoms with Crippen LogP contribution in [0.2, 0.25) is 0 Å². The largest absolute Gasteiger partial charge is 0.378 e. The third-order valence-electron chi connectivity index (χ3n) is 10.0. The smallest absolute Gasteiger partial charge is 0.180 e. The van der Waals surface area contributed by atoms with Crippen molar-refractivity contribution in [1.82, 2.24) is 5.32 Å². The lowest BCUT2D eigenvalue weighted by Crippen LogP contribution is -2.50. The molecule has 0 bridgehead atoms. The van der Waals surface area contributed by atoms with E-state index in [1.165, 1.54) is 18.4 Å². The zero-order valence-electron chi connectivity index (χ0n) is 31.6. The first-order chi connectivity index (χ1) is 23.8. The van der Waals surface area contributed by atoms with Gasteiger partial charge in [0.1, 0.15) is 6.54 Å². The van der Waals surface area contributed by atoms with Crippen molar-refractivity contribution >= 4 is 44.2 Å². The van der Waals surface area contributed by atoms with Crippen molar-refractivity contribution in [2.24, 2.45) is 0 Å². The molecule has 274 valence electrons. The summed E-state index contributed by atoms with van der Waals surface area (Å²) in [4.78, 5) is 2.46. The molecule has 1 aliphatic heterocycles. The molecule has 0 fully saturated rings. The topological polar surface area (TPSA) is 73.5 Å². The van der Waals surface area contributed by atoms with Crippen LogP contribution in [0.25, 0.3) is 0 Å². The quantitative estimate of drug-likeness (QED) is 0.0730. The van der Waals surface area contributed by atoms with Gasteiger partial charge in [-0.1, -0.05) is 90.0 Å². The molecule has 3 aromatic carbocycles. The highest BCUT2D eigenvalue weighted by Gasteiger charge is 2.42. The van der Waals surface area contributed by atoms with E-state index in [2.05, 4.69) is 93.3 Å². The number of quaternary nitrogens is 1. The Bertz CT molecular complexity index is 1640. The molecule has 0 aliphatic carbocycles. The Morgan fingerprint density at radius 1 is 0.860 bits per heavy atom. The minimum atomic E-state index is -3.55. The molecule has 0 saturated carbocycles. The van der Waals surface area contributed by atoms with Crippen LogP contribution in [0.3, 0.4) is 0 Å². The number of sulfone groups is 1. The maximum Gasteiger partial charge on any atom is 0.180 e. The van der Waals surface area contributed by atoms with Crippen molar-refractivity contribution in [2.45, 2.75) is 108 Å². The number of anilines is 3. The van der Waals surface area contributed by atoms with Gasteiger partial charge in [-0.3, -0.25) is 5.32 Å². The zero-order chi connectivity index (χ0) is 36.4. The maximum absolute atomic E-state index is 14.3. The van der Waals surface area contributed by atoms with Crippen LogP contribution in [0.1, 0.15) is 108 Å². The Kier molecular flexibility index (Phi) is 14.3. The van der Waals surface area contributed by atoms with Crippen molar-refractivity contribution in [3.05, 3.63) is 83.4 Å². The molecule has 0 aromatic heterocycles. The van der Waals surface area contributed by atoms with Gasteiger partial charge in [-0.25, -0.2) is 8.42 Å². The second-order valence-corrected chi connectivity index (χ2v) is 17.6. The summed E-state index contributed by atoms with van der Waals surface area (Å²) in [6.45, 7) is 8.79. The van der Waals surface area contributed by atoms with Crippen LogP contribution in [0.4, 0.5) is 17.1 Å². The highest BCUT2D eigenvalue weighted by Crippen LogP contribution is 2.41. The normalized spacial score (nSPS) is 16.7. The van der Waals surface area contributed by atoms with Crippen LogP contribution in [-0.2, 0) is 16.4 Å². The first-order valence-corrected chi connectivity index (χ1v) is 20.8. The summed E-state index contributed by atoms with van der Waals surface area (Å²) < 4.78 is 29.5. The molecule has 3 N–H and O–H groups in total. The van der Waals surface area contributed by atoms with Crippen LogP contribution < -0.4 is 20.9 Å². The van der Waals surface area contributed by atoms with Crippen LogP contribution in [0, 0.1) is 0 Å². The molecule has 0 amide bonds. The van der Waals surface area contributed by atoms with Gasteiger partial charge in [0.15, 0.2) is 14.9 Å². The van der Waals surface area contributed by atoms with Gasteiger partial charge in [-0.2, -0.15) is 0 Å². The molecule has 4 rings (SSSR count). The second kappa shape index (κ2) is 18.0. The predicted octanol–water partition coefficient (Wildman–Crippen LogP) is 9.30. The van der Waals surface area contributed by atoms with E-state index in [0.717, 1.165) is 97.1 Å². The summed E-state index contributed by atoms with van der Waals surface area (Å²) in [6, 6.07) is 22.3. The lowest BCUT2D eigenvalue weighted by Gasteiger charge is -2.37. The summed E-state index contributed by atoms with van der Waals surface area (Å²) in [5, 5.41) is 11.3. The van der Waals surface area contributed by atoms with E-state index in [1.807, 2.05) is 43.3 Å². The molecule has 0 radical (unpaired) electrons. The van der Waals surface area contributed by atoms with E-state index in [0.29, 0.717) is 10.0 Å². The standard InChI is InChI=1S/C41H61N5O2S2/c1-8-11-14-25-41(26-15-12-9-2)31-50(47,48)38-24-23-36(45(4)5)29-37(38)39(44-41)33-17-16-18-35(28-33)43-40(49)42-34-21-19-32(20-22-34)30-46(6,7)27-13-10-3/h16-24,28-29,39,44H,8-15,25-27,30-31H2,1-7H3,(H-,42,43,49)/p+1. The molecule has 9 heteroatoms. The van der Waals surface area contributed by atoms with Gasteiger partial charge in [-0.15, -0.1) is 0 Å². The van der Waals surface area contributed by atoms with Crippen molar-refractivity contribution in [3.63, 3.8) is 0 Å². The van der Waals surface area contributed by atoms with Gasteiger partial charge in [-0.05, 0) is 85.1 Å². The molecule has 1 atom stereocenters. The number of hydrogen-bond donors (Lipinski definition) is 3. The van der Waals surface area contributed by atoms with Gasteiger partial charge >= 0.3 is 0 Å². The van der Waals surface area contributed by atoms with Gasteiger partial charge < -0.3 is 20.0 Å². The maximum atomic E-state index is 14.3. The van der Waals surface area contributed by atoms with Gasteiger partial charge in [0.25, 0.3) is 0 Å². The first-order valence-electron chi connectivity index (χ1n) is 18.7. The minimum Gasteiger partial charge on any atom is -0.378 e. The average Bonchev–Trinajstić information content (AvgIpc) is 3.16. The van der Waals surface area contributed by atoms with Gasteiger partial charge in [0.05, 0.1) is 37.3 Å². The Morgan fingerprint density at radius 3 is 2.12 bits per heavy atom. The third-order valence-corrected chi connectivity index (χ3v) is 12.2. The van der Waals surface area contributed by atoms with E-state index in [4.69, 9.17) is 12.2 Å². The van der Waals surface area contributed by atoms with E-state index in [9.17, 15) is 8.42 Å². The van der Waals surface area contributed by atoms with E-state index in [1.54, 1.807) is 0 Å². The fraction of sp³-hybridized carbons (Fsp3) is 0.537. The number of thiocarbonyl (C=S) groups is 1. The zero-order valence-corrected chi connectivity index (χ0v) is 33.3. The molecular weight excluding hydrogens is 659 g/mol. The Balaban J connectivity index is 1.63. The molecule has 3 aromatic rings. The summed E-state index contributed by atoms with van der Waals surface area (Å²) in [5.74, 6) is 0.109. The molecule has 7 nitrogen and oxygen atoms in total. The van der Waals surface area contributed by atoms with E-state index < -0.39 is 15.4 Å². The summed E-state index contributed by atoms with van der Waals surface area (Å²) in [6.07, 6.45) is 10.4. The molecule has 50 heavy (non-hydrogen) atoms. The van der Waals surface area contributed by atoms with Crippen LogP contribution in [0.5, 0.6) is 0 Å². The van der Waals surface area contributed by atoms with Crippen LogP contribution >= 0.6 is 12.2 Å². The second-order valence-electron chi connectivity index (χ2n) is 15.2. The molecule has 0 saturated heterocycles. The van der Waals surface area contributed by atoms with Crippen LogP contribution in [-0.4, -0.2) is 64.0 Å². The number of rotatable bonds is 17. The summed E-state index contributed by atoms with van der Waals surface area (Å²) in [5.41, 5.74) is 5.36. The highest BCUT2D eigenvalue weighted by atomic mass is 32.2. The first kappa shape index (κ1) is 39.8. The molecule has 1 unspecified atom stereocenters. The summed E-state index contributed by atoms with van der Waals surface area (Å²) >= 11 is 5.78. The van der Waals surface area contributed by atoms with Crippen molar-refractivity contribution in [3.8, 4) is 0 Å². The Morgan fingerprint density at radius 2 is 1.50 bits per heavy atom. The van der Waals surface area contributed by atoms with E-state index in [-0.39, 0.29) is 11.8 Å². The van der Waals surface area contributed by atoms with Crippen molar-refractivity contribution < 1.29 is 12.9 Å². The molecular formula is C41H62N5O2S2+. The number of nitrogens with one attached hydrogen (secondary N) is 3. The summed E-state index contributed by atoms with van der Waals surface area (Å²) in [7, 11) is 5.01. The molecule has 0 spiro atoms. The van der Waals surface area contributed by atoms with Crippen LogP contribution in [0.15, 0.2) is 71.6 Å². The fourth-order valence-corrected chi connectivity index (χ4v) is 9.54. The molecule has 1 heterocycles. The van der Waals surface area contributed by atoms with Gasteiger partial charge in [0.2, 0.25) is 0 Å². The lowest BCUT2D eigenvalue weighted by atomic mass is 9.85. The number of hydrogen-bond acceptors (Lipinski definition) is 5. The van der Waals surface area contributed by atoms with E-state index >= 15 is 0 Å². The average molecular weight is 721 g/mol. The minimum absolute atomic E-state index is 0.109. The predicted molar refractivity (Wildman–Crippen MR) is 217 cm³/mol. The lowest BCUT2D eigenvalue weighted by molar-refractivity contribution is -0.903. The molecule has 1 aliphatic rings. The Labute approximate surface area is 308 Å². The van der Waals surface area contributed by atoms with Gasteiger partial charge in [0, 0.05) is 42.3 Å². The monoisotopic (exact) mass is 720 g/mol. The van der Waals surface area contributed by atoms with Crippen molar-refractivity contribution in [1.29, 1.82) is 0 Å². The number of fused-ring (bicyclic) bond motifs is 1. The SMILES string of the molecule is CCCCCC1(CCCCC)CS(=O)(=O)c2ccc(N(C)C)cc2C(c2cccc(NC(=S)Nc3ccc(C[N+](C)(C)CCCC)cc3)c2)N1. The Hall–Kier alpha value is -2.98. The van der Waals surface area contributed by atoms with Crippen molar-refractivity contribution in [2.75, 3.05) is 56.0 Å². The fourth-order valence-electron chi connectivity index (χ4n) is 7.24. The number of benzene rings is 3. The third kappa shape index (κ3) is 11.0. The number of unbranched alkanes of at least 4 members (excludes halogenated alkanes) is 5. The number of nitrogens with zero attached hydrogens (tertiary/aromatic N) is 2. The highest BCUT2D eigenvalue weighted by molar-refractivity contribution is 7.91.